The van der Waals surface area contributed by atoms with Gasteiger partial charge in [0.05, 0.1) is 5.69 Å². The molecule has 21 heavy (non-hydrogen) atoms. The number of benzene rings is 2. The number of imidazole rings is 1. The number of nitrogens with zero attached hydrogens (tertiary/aromatic N) is 3. The quantitative estimate of drug-likeness (QED) is 0.662. The van der Waals surface area contributed by atoms with Gasteiger partial charge in [0.1, 0.15) is 5.82 Å². The first-order valence-electron chi connectivity index (χ1n) is 6.97. The Morgan fingerprint density at radius 2 is 1.81 bits per heavy atom. The summed E-state index contributed by atoms with van der Waals surface area (Å²) in [7, 11) is 0. The third-order valence-corrected chi connectivity index (χ3v) is 3.38. The predicted octanol–water partition coefficient (Wildman–Crippen LogP) is 3.99. The van der Waals surface area contributed by atoms with Gasteiger partial charge < -0.3 is 4.57 Å². The van der Waals surface area contributed by atoms with E-state index in [1.807, 2.05) is 55.9 Å². The molecule has 0 aliphatic heterocycles. The fraction of sp³-hybridized carbons (Fsp3) is 0.111. The Kier molecular flexibility index (Phi) is 3.92. The summed E-state index contributed by atoms with van der Waals surface area (Å²) in [4.78, 5) is 8.69. The van der Waals surface area contributed by atoms with Gasteiger partial charge in [0, 0.05) is 25.2 Å². The van der Waals surface area contributed by atoms with Gasteiger partial charge in [-0.15, -0.1) is 0 Å². The Labute approximate surface area is 124 Å². The number of aliphatic imine (C=N–C) groups is 1. The van der Waals surface area contributed by atoms with Crippen molar-refractivity contribution in [2.24, 2.45) is 4.99 Å². The van der Waals surface area contributed by atoms with E-state index in [1.165, 1.54) is 5.56 Å². The van der Waals surface area contributed by atoms with Gasteiger partial charge in [-0.25, -0.2) is 4.98 Å². The van der Waals surface area contributed by atoms with E-state index >= 15 is 0 Å². The highest BCUT2D eigenvalue weighted by atomic mass is 15.0. The maximum Gasteiger partial charge on any atom is 0.105 e. The van der Waals surface area contributed by atoms with E-state index in [9.17, 15) is 0 Å². The lowest BCUT2D eigenvalue weighted by Crippen LogP contribution is -2.00. The van der Waals surface area contributed by atoms with E-state index < -0.39 is 0 Å². The summed E-state index contributed by atoms with van der Waals surface area (Å²) in [5.41, 5.74) is 3.33. The van der Waals surface area contributed by atoms with E-state index in [0.717, 1.165) is 23.6 Å². The third kappa shape index (κ3) is 3.45. The molecule has 1 heterocycles. The van der Waals surface area contributed by atoms with E-state index in [2.05, 4.69) is 38.8 Å². The highest BCUT2D eigenvalue weighted by Crippen LogP contribution is 2.11. The molecule has 0 aliphatic rings. The molecule has 0 bridgehead atoms. The molecule has 104 valence electrons. The molecule has 3 aromatic rings. The first kappa shape index (κ1) is 13.3. The van der Waals surface area contributed by atoms with E-state index in [0.29, 0.717) is 0 Å². The zero-order chi connectivity index (χ0) is 14.5. The predicted molar refractivity (Wildman–Crippen MR) is 86.2 cm³/mol. The first-order valence-corrected chi connectivity index (χ1v) is 6.97. The maximum absolute atomic E-state index is 4.46. The Bertz CT molecular complexity index is 725. The topological polar surface area (TPSA) is 30.2 Å². The summed E-state index contributed by atoms with van der Waals surface area (Å²) >= 11 is 0. The molecule has 0 amide bonds. The van der Waals surface area contributed by atoms with Gasteiger partial charge in [-0.05, 0) is 30.2 Å². The molecule has 0 atom stereocenters. The van der Waals surface area contributed by atoms with Crippen molar-refractivity contribution in [3.8, 4) is 0 Å². The molecular formula is C18H17N3. The van der Waals surface area contributed by atoms with Crippen LogP contribution in [0.1, 0.15) is 17.0 Å². The summed E-state index contributed by atoms with van der Waals surface area (Å²) in [6.07, 6.45) is 5.72. The van der Waals surface area contributed by atoms with Crippen molar-refractivity contribution in [1.29, 1.82) is 0 Å². The van der Waals surface area contributed by atoms with Crippen molar-refractivity contribution in [1.82, 2.24) is 9.55 Å². The van der Waals surface area contributed by atoms with Gasteiger partial charge in [-0.3, -0.25) is 4.99 Å². The molecule has 0 radical (unpaired) electrons. The maximum atomic E-state index is 4.46. The van der Waals surface area contributed by atoms with Crippen molar-refractivity contribution in [2.45, 2.75) is 13.5 Å². The fourth-order valence-corrected chi connectivity index (χ4v) is 2.14. The highest BCUT2D eigenvalue weighted by molar-refractivity contribution is 5.81. The minimum Gasteiger partial charge on any atom is -0.331 e. The zero-order valence-corrected chi connectivity index (χ0v) is 12.0. The van der Waals surface area contributed by atoms with Crippen LogP contribution in [-0.4, -0.2) is 15.8 Å². The molecular weight excluding hydrogens is 258 g/mol. The second-order valence-corrected chi connectivity index (χ2v) is 4.94. The van der Waals surface area contributed by atoms with Gasteiger partial charge >= 0.3 is 0 Å². The number of hydrogen-bond donors (Lipinski definition) is 0. The summed E-state index contributed by atoms with van der Waals surface area (Å²) in [5, 5.41) is 0. The standard InChI is InChI=1S/C18H17N3/c1-15-19-11-12-21(15)14-17-9-7-16(8-10-17)13-20-18-5-3-2-4-6-18/h2-13H,14H2,1H3/b20-13-. The van der Waals surface area contributed by atoms with Crippen LogP contribution in [0.25, 0.3) is 0 Å². The zero-order valence-electron chi connectivity index (χ0n) is 12.0. The monoisotopic (exact) mass is 275 g/mol. The van der Waals surface area contributed by atoms with Gasteiger partial charge in [0.2, 0.25) is 0 Å². The van der Waals surface area contributed by atoms with Crippen molar-refractivity contribution < 1.29 is 0 Å². The molecule has 3 nitrogen and oxygen atoms in total. The molecule has 0 unspecified atom stereocenters. The molecule has 1 aromatic heterocycles. The van der Waals surface area contributed by atoms with Crippen molar-refractivity contribution in [2.75, 3.05) is 0 Å². The number of aryl methyl sites for hydroxylation is 1. The van der Waals surface area contributed by atoms with E-state index in [-0.39, 0.29) is 0 Å². The van der Waals surface area contributed by atoms with Crippen molar-refractivity contribution in [3.63, 3.8) is 0 Å². The minimum atomic E-state index is 0.849. The second kappa shape index (κ2) is 6.18. The normalized spacial score (nSPS) is 11.1. The smallest absolute Gasteiger partial charge is 0.105 e. The van der Waals surface area contributed by atoms with Crippen molar-refractivity contribution >= 4 is 11.9 Å². The van der Waals surface area contributed by atoms with Crippen LogP contribution in [0.15, 0.2) is 72.0 Å². The number of para-hydroxylation sites is 1. The Morgan fingerprint density at radius 1 is 1.05 bits per heavy atom. The van der Waals surface area contributed by atoms with Crippen LogP contribution in [0.5, 0.6) is 0 Å². The summed E-state index contributed by atoms with van der Waals surface area (Å²) in [5.74, 6) is 1.03. The molecule has 0 fully saturated rings. The summed E-state index contributed by atoms with van der Waals surface area (Å²) in [6.45, 7) is 2.86. The van der Waals surface area contributed by atoms with Crippen LogP contribution in [-0.2, 0) is 6.54 Å². The number of rotatable bonds is 4. The lowest BCUT2D eigenvalue weighted by Gasteiger charge is -2.05. The summed E-state index contributed by atoms with van der Waals surface area (Å²) in [6, 6.07) is 18.4. The molecule has 3 heteroatoms. The Morgan fingerprint density at radius 3 is 2.48 bits per heavy atom. The van der Waals surface area contributed by atoms with Crippen LogP contribution in [0, 0.1) is 6.92 Å². The Balaban J connectivity index is 1.70. The van der Waals surface area contributed by atoms with Crippen LogP contribution in [0.3, 0.4) is 0 Å². The van der Waals surface area contributed by atoms with Gasteiger partial charge in [-0.1, -0.05) is 42.5 Å². The average molecular weight is 275 g/mol. The van der Waals surface area contributed by atoms with Crippen LogP contribution in [0.4, 0.5) is 5.69 Å². The number of hydrogen-bond acceptors (Lipinski definition) is 2. The minimum absolute atomic E-state index is 0.849. The first-order chi connectivity index (χ1) is 10.3. The van der Waals surface area contributed by atoms with Gasteiger partial charge in [-0.2, -0.15) is 0 Å². The SMILES string of the molecule is Cc1nccn1Cc1ccc(/C=N\c2ccccc2)cc1. The second-order valence-electron chi connectivity index (χ2n) is 4.94. The fourth-order valence-electron chi connectivity index (χ4n) is 2.14. The van der Waals surface area contributed by atoms with Gasteiger partial charge in [0.15, 0.2) is 0 Å². The largest absolute Gasteiger partial charge is 0.331 e. The highest BCUT2D eigenvalue weighted by Gasteiger charge is 1.98. The molecule has 0 saturated carbocycles. The van der Waals surface area contributed by atoms with Crippen molar-refractivity contribution in [3.05, 3.63) is 83.9 Å². The lowest BCUT2D eigenvalue weighted by atomic mass is 10.1. The average Bonchev–Trinajstić information content (AvgIpc) is 2.93. The lowest BCUT2D eigenvalue weighted by molar-refractivity contribution is 0.762. The molecule has 2 aromatic carbocycles. The van der Waals surface area contributed by atoms with Crippen LogP contribution in [0.2, 0.25) is 0 Å². The third-order valence-electron chi connectivity index (χ3n) is 3.38. The van der Waals surface area contributed by atoms with E-state index in [1.54, 1.807) is 0 Å². The Hall–Kier alpha value is -2.68. The molecule has 0 spiro atoms. The molecule has 0 saturated heterocycles. The van der Waals surface area contributed by atoms with Crippen LogP contribution >= 0.6 is 0 Å². The van der Waals surface area contributed by atoms with Crippen LogP contribution < -0.4 is 0 Å². The number of aromatic nitrogens is 2. The molecule has 0 aliphatic carbocycles. The molecule has 0 N–H and O–H groups in total. The summed E-state index contributed by atoms with van der Waals surface area (Å²) < 4.78 is 2.13. The van der Waals surface area contributed by atoms with E-state index in [4.69, 9.17) is 0 Å². The molecule has 3 rings (SSSR count). The van der Waals surface area contributed by atoms with Gasteiger partial charge in [0.25, 0.3) is 0 Å².